The van der Waals surface area contributed by atoms with Gasteiger partial charge in [-0.15, -0.1) is 0 Å². The first-order valence-corrected chi connectivity index (χ1v) is 14.5. The molecule has 4 aliphatic rings. The van der Waals surface area contributed by atoms with Gasteiger partial charge in [0, 0.05) is 56.4 Å². The number of carbonyl (C=O) groups excluding carboxylic acids is 1. The summed E-state index contributed by atoms with van der Waals surface area (Å²) in [5.41, 5.74) is -3.02. The number of aromatic nitrogens is 3. The Hall–Kier alpha value is -3.42. The minimum Gasteiger partial charge on any atom is -0.381 e. The number of likely N-dealkylation sites (tertiary alicyclic amines) is 2. The van der Waals surface area contributed by atoms with Crippen LogP contribution < -0.4 is 10.6 Å². The first-order valence-electron chi connectivity index (χ1n) is 14.5. The maximum Gasteiger partial charge on any atom is 0.417 e. The van der Waals surface area contributed by atoms with Crippen molar-refractivity contribution in [3.8, 4) is 11.4 Å². The molecule has 10 nitrogen and oxygen atoms in total. The van der Waals surface area contributed by atoms with Crippen molar-refractivity contribution in [1.29, 1.82) is 5.41 Å². The fourth-order valence-corrected chi connectivity index (χ4v) is 6.27. The van der Waals surface area contributed by atoms with Crippen LogP contribution in [0.1, 0.15) is 63.9 Å². The van der Waals surface area contributed by atoms with Crippen molar-refractivity contribution in [2.24, 2.45) is 5.92 Å². The van der Waals surface area contributed by atoms with Crippen LogP contribution in [0.2, 0.25) is 0 Å². The standard InChI is InChI=1S/C28H36F4N8O2/c1-2-17-13-39(14-17)23(33)18-11-34-20(10-19(18)35-16-25(29)4-3-5-25)22-21(12-36-38-22)37-24(41)40-9-8-27(42,28(30,31)32)15-26(40)6-7-26/h10-12,17,33,42H,2-9,13-16H2,1H3,(H,34,35)(H,36,38)(H,37,41). The van der Waals surface area contributed by atoms with E-state index in [2.05, 4.69) is 32.7 Å². The van der Waals surface area contributed by atoms with Crippen molar-refractivity contribution in [3.05, 3.63) is 24.0 Å². The summed E-state index contributed by atoms with van der Waals surface area (Å²) in [6.07, 6.45) is 0.616. The fraction of sp³-hybridized carbons (Fsp3) is 0.643. The highest BCUT2D eigenvalue weighted by Gasteiger charge is 2.65. The smallest absolute Gasteiger partial charge is 0.381 e. The molecule has 1 unspecified atom stereocenters. The van der Waals surface area contributed by atoms with Crippen LogP contribution in [-0.2, 0) is 0 Å². The first-order chi connectivity index (χ1) is 19.9. The van der Waals surface area contributed by atoms with Gasteiger partial charge in [-0.05, 0) is 50.5 Å². The molecule has 4 fully saturated rings. The van der Waals surface area contributed by atoms with Gasteiger partial charge in [0.1, 0.15) is 17.2 Å². The van der Waals surface area contributed by atoms with Crippen molar-refractivity contribution in [3.63, 3.8) is 0 Å². The zero-order chi connectivity index (χ0) is 29.9. The average molecular weight is 593 g/mol. The van der Waals surface area contributed by atoms with Gasteiger partial charge >= 0.3 is 12.2 Å². The number of amides is 2. The second-order valence-electron chi connectivity index (χ2n) is 12.4. The van der Waals surface area contributed by atoms with Crippen LogP contribution >= 0.6 is 0 Å². The fourth-order valence-electron chi connectivity index (χ4n) is 6.27. The number of anilines is 2. The molecular formula is C28H36F4N8O2. The van der Waals surface area contributed by atoms with E-state index in [1.807, 2.05) is 4.90 Å². The van der Waals surface area contributed by atoms with E-state index in [9.17, 15) is 27.5 Å². The third-order valence-electron chi connectivity index (χ3n) is 9.54. The molecule has 2 saturated carbocycles. The molecule has 1 atom stereocenters. The van der Waals surface area contributed by atoms with E-state index in [-0.39, 0.29) is 18.8 Å². The monoisotopic (exact) mass is 592 g/mol. The molecule has 0 aromatic carbocycles. The molecule has 6 rings (SSSR count). The van der Waals surface area contributed by atoms with Crippen LogP contribution in [0.4, 0.5) is 33.7 Å². The molecular weight excluding hydrogens is 556 g/mol. The van der Waals surface area contributed by atoms with Crippen LogP contribution in [0.25, 0.3) is 11.4 Å². The molecule has 2 amide bonds. The number of hydrogen-bond acceptors (Lipinski definition) is 6. The van der Waals surface area contributed by atoms with Gasteiger partial charge < -0.3 is 25.5 Å². The number of piperidine rings is 1. The Morgan fingerprint density at radius 3 is 2.55 bits per heavy atom. The van der Waals surface area contributed by atoms with Crippen LogP contribution in [0.3, 0.4) is 0 Å². The zero-order valence-electron chi connectivity index (χ0n) is 23.5. The summed E-state index contributed by atoms with van der Waals surface area (Å²) in [4.78, 5) is 21.2. The number of aromatic amines is 1. The molecule has 2 aliphatic carbocycles. The summed E-state index contributed by atoms with van der Waals surface area (Å²) < 4.78 is 55.4. The van der Waals surface area contributed by atoms with E-state index in [0.29, 0.717) is 60.1 Å². The number of nitrogens with one attached hydrogen (secondary N) is 4. The lowest BCUT2D eigenvalue weighted by Gasteiger charge is -2.45. The normalized spacial score (nSPS) is 24.6. The summed E-state index contributed by atoms with van der Waals surface area (Å²) in [7, 11) is 0. The van der Waals surface area contributed by atoms with Crippen LogP contribution in [0, 0.1) is 11.3 Å². The lowest BCUT2D eigenvalue weighted by molar-refractivity contribution is -0.277. The van der Waals surface area contributed by atoms with Crippen molar-refractivity contribution in [1.82, 2.24) is 25.0 Å². The highest BCUT2D eigenvalue weighted by molar-refractivity contribution is 6.02. The van der Waals surface area contributed by atoms with Crippen molar-refractivity contribution < 1.29 is 27.5 Å². The van der Waals surface area contributed by atoms with Crippen LogP contribution in [0.15, 0.2) is 18.5 Å². The minimum atomic E-state index is -4.77. The molecule has 0 radical (unpaired) electrons. The first kappa shape index (κ1) is 28.7. The second kappa shape index (κ2) is 10.1. The molecule has 1 spiro atoms. The lowest BCUT2D eigenvalue weighted by Crippen LogP contribution is -2.60. The summed E-state index contributed by atoms with van der Waals surface area (Å²) in [6, 6.07) is 1.11. The number of carbonyl (C=O) groups is 1. The summed E-state index contributed by atoms with van der Waals surface area (Å²) in [6.45, 7) is 3.53. The van der Waals surface area contributed by atoms with E-state index in [4.69, 9.17) is 5.41 Å². The van der Waals surface area contributed by atoms with Gasteiger partial charge in [0.05, 0.1) is 23.1 Å². The number of H-pyrrole nitrogens is 1. The number of hydrogen-bond donors (Lipinski definition) is 5. The molecule has 0 bridgehead atoms. The summed E-state index contributed by atoms with van der Waals surface area (Å²) in [5, 5.41) is 31.9. The summed E-state index contributed by atoms with van der Waals surface area (Å²) >= 11 is 0. The minimum absolute atomic E-state index is 0.0994. The number of urea groups is 1. The topological polar surface area (TPSA) is 133 Å². The summed E-state index contributed by atoms with van der Waals surface area (Å²) in [5.74, 6) is 0.839. The number of nitrogens with zero attached hydrogens (tertiary/aromatic N) is 4. The second-order valence-corrected chi connectivity index (χ2v) is 12.4. The predicted octanol–water partition coefficient (Wildman–Crippen LogP) is 4.90. The number of alkyl halides is 4. The maximum atomic E-state index is 14.9. The van der Waals surface area contributed by atoms with Gasteiger partial charge in [-0.25, -0.2) is 9.18 Å². The molecule has 2 aromatic heterocycles. The van der Waals surface area contributed by atoms with Crippen molar-refractivity contribution in [2.45, 2.75) is 81.3 Å². The maximum absolute atomic E-state index is 14.9. The number of rotatable bonds is 7. The largest absolute Gasteiger partial charge is 0.417 e. The van der Waals surface area contributed by atoms with Crippen LogP contribution in [-0.4, -0.2) is 91.1 Å². The van der Waals surface area contributed by atoms with Gasteiger partial charge in [-0.2, -0.15) is 18.3 Å². The number of halogens is 4. The highest BCUT2D eigenvalue weighted by Crippen LogP contribution is 2.55. The molecule has 14 heteroatoms. The van der Waals surface area contributed by atoms with Gasteiger partial charge in [0.2, 0.25) is 0 Å². The van der Waals surface area contributed by atoms with E-state index < -0.39 is 41.9 Å². The predicted molar refractivity (Wildman–Crippen MR) is 148 cm³/mol. The Morgan fingerprint density at radius 1 is 1.19 bits per heavy atom. The highest BCUT2D eigenvalue weighted by atomic mass is 19.4. The third-order valence-corrected chi connectivity index (χ3v) is 9.54. The zero-order valence-corrected chi connectivity index (χ0v) is 23.5. The van der Waals surface area contributed by atoms with Crippen LogP contribution in [0.5, 0.6) is 0 Å². The third kappa shape index (κ3) is 5.07. The lowest BCUT2D eigenvalue weighted by atomic mass is 9.82. The Morgan fingerprint density at radius 2 is 1.93 bits per heavy atom. The van der Waals surface area contributed by atoms with Gasteiger partial charge in [-0.3, -0.25) is 15.5 Å². The molecule has 2 aromatic rings. The molecule has 2 aliphatic heterocycles. The molecule has 2 saturated heterocycles. The number of amidine groups is 1. The quantitative estimate of drug-likeness (QED) is 0.177. The number of aliphatic hydroxyl groups is 1. The molecule has 42 heavy (non-hydrogen) atoms. The Balaban J connectivity index is 1.21. The van der Waals surface area contributed by atoms with Gasteiger partial charge in [-0.1, -0.05) is 6.92 Å². The Bertz CT molecular complexity index is 1370. The Kier molecular flexibility index (Phi) is 6.89. The molecule has 228 valence electrons. The van der Waals surface area contributed by atoms with Crippen molar-refractivity contribution in [2.75, 3.05) is 36.8 Å². The van der Waals surface area contributed by atoms with E-state index >= 15 is 0 Å². The Labute approximate surface area is 240 Å². The van der Waals surface area contributed by atoms with Gasteiger partial charge in [0.15, 0.2) is 5.60 Å². The van der Waals surface area contributed by atoms with E-state index in [1.165, 1.54) is 11.1 Å². The van der Waals surface area contributed by atoms with Gasteiger partial charge in [0.25, 0.3) is 0 Å². The SMILES string of the molecule is CCC1CN(C(=N)c2cnc(-c3[nH]ncc3NC(=O)N3CCC(O)(C(F)(F)F)CC34CC4)cc2NCC2(F)CCC2)C1. The van der Waals surface area contributed by atoms with Crippen molar-refractivity contribution >= 4 is 23.2 Å². The molecule has 5 N–H and O–H groups in total. The average Bonchev–Trinajstić information content (AvgIpc) is 3.48. The number of pyridine rings is 1. The van der Waals surface area contributed by atoms with E-state index in [0.717, 1.165) is 25.9 Å². The van der Waals surface area contributed by atoms with E-state index in [1.54, 1.807) is 12.3 Å². The molecule has 4 heterocycles.